The van der Waals surface area contributed by atoms with E-state index in [1.54, 1.807) is 25.5 Å². The number of likely N-dealkylation sites (tertiary alicyclic amines) is 1. The summed E-state index contributed by atoms with van der Waals surface area (Å²) in [6.45, 7) is 1.82. The average Bonchev–Trinajstić information content (AvgIpc) is 2.81. The molecule has 2 N–H and O–H groups in total. The number of aromatic nitrogens is 1. The minimum atomic E-state index is -0.0623. The van der Waals surface area contributed by atoms with Gasteiger partial charge in [-0.05, 0) is 32.5 Å². The fraction of sp³-hybridized carbons (Fsp3) is 0.538. The predicted octanol–water partition coefficient (Wildman–Crippen LogP) is 0.947. The minimum absolute atomic E-state index is 0.0623. The summed E-state index contributed by atoms with van der Waals surface area (Å²) >= 11 is 0. The van der Waals surface area contributed by atoms with Gasteiger partial charge in [0, 0.05) is 37.7 Å². The molecule has 1 aromatic heterocycles. The van der Waals surface area contributed by atoms with E-state index < -0.39 is 0 Å². The molecule has 1 amide bonds. The van der Waals surface area contributed by atoms with Crippen molar-refractivity contribution in [2.24, 2.45) is 0 Å². The number of nitrogens with zero attached hydrogens (tertiary/aromatic N) is 2. The van der Waals surface area contributed by atoms with Crippen molar-refractivity contribution in [3.8, 4) is 0 Å². The highest BCUT2D eigenvalue weighted by atomic mass is 16.1. The Bertz CT molecular complexity index is 421. The van der Waals surface area contributed by atoms with Gasteiger partial charge in [0.15, 0.2) is 0 Å². The molecule has 1 aromatic rings. The monoisotopic (exact) mass is 248 g/mol. The molecule has 1 aliphatic heterocycles. The first-order chi connectivity index (χ1) is 8.72. The van der Waals surface area contributed by atoms with Gasteiger partial charge in [-0.1, -0.05) is 0 Å². The van der Waals surface area contributed by atoms with E-state index in [1.165, 1.54) is 6.42 Å². The second-order valence-electron chi connectivity index (χ2n) is 4.66. The maximum absolute atomic E-state index is 12.1. The number of carbonyl (C=O) groups excluding carboxylic acids is 1. The number of hydrogen-bond acceptors (Lipinski definition) is 4. The van der Waals surface area contributed by atoms with Crippen LogP contribution >= 0.6 is 0 Å². The van der Waals surface area contributed by atoms with Crippen LogP contribution in [0.15, 0.2) is 18.5 Å². The number of nitrogens with one attached hydrogen (secondary N) is 2. The summed E-state index contributed by atoms with van der Waals surface area (Å²) in [5.41, 5.74) is 1.41. The Hall–Kier alpha value is -1.62. The van der Waals surface area contributed by atoms with Crippen molar-refractivity contribution in [2.45, 2.75) is 18.9 Å². The molecule has 18 heavy (non-hydrogen) atoms. The number of pyridine rings is 1. The lowest BCUT2D eigenvalue weighted by molar-refractivity contribution is 0.0944. The lowest BCUT2D eigenvalue weighted by Gasteiger charge is -2.20. The van der Waals surface area contributed by atoms with Crippen molar-refractivity contribution in [1.82, 2.24) is 15.2 Å². The van der Waals surface area contributed by atoms with E-state index in [1.807, 2.05) is 0 Å². The van der Waals surface area contributed by atoms with Crippen LogP contribution in [0.25, 0.3) is 0 Å². The van der Waals surface area contributed by atoms with E-state index in [4.69, 9.17) is 0 Å². The maximum Gasteiger partial charge on any atom is 0.255 e. The zero-order chi connectivity index (χ0) is 13.0. The summed E-state index contributed by atoms with van der Waals surface area (Å²) in [6.07, 6.45) is 5.64. The van der Waals surface area contributed by atoms with Gasteiger partial charge in [0.25, 0.3) is 5.91 Å². The van der Waals surface area contributed by atoms with E-state index in [0.717, 1.165) is 18.7 Å². The first-order valence-corrected chi connectivity index (χ1v) is 6.32. The van der Waals surface area contributed by atoms with E-state index >= 15 is 0 Å². The van der Waals surface area contributed by atoms with Gasteiger partial charge < -0.3 is 15.5 Å². The smallest absolute Gasteiger partial charge is 0.255 e. The summed E-state index contributed by atoms with van der Waals surface area (Å²) in [6, 6.07) is 2.26. The van der Waals surface area contributed by atoms with Crippen LogP contribution in [0, 0.1) is 0 Å². The van der Waals surface area contributed by atoms with E-state index in [-0.39, 0.29) is 5.91 Å². The van der Waals surface area contributed by atoms with Gasteiger partial charge in [-0.2, -0.15) is 0 Å². The molecule has 0 radical (unpaired) electrons. The fourth-order valence-corrected chi connectivity index (χ4v) is 2.34. The fourth-order valence-electron chi connectivity index (χ4n) is 2.34. The van der Waals surface area contributed by atoms with Gasteiger partial charge in [0.1, 0.15) is 0 Å². The lowest BCUT2D eigenvalue weighted by atomic mass is 10.2. The number of hydrogen-bond donors (Lipinski definition) is 2. The topological polar surface area (TPSA) is 57.3 Å². The molecule has 98 valence electrons. The molecule has 5 nitrogen and oxygen atoms in total. The Balaban J connectivity index is 1.95. The Morgan fingerprint density at radius 3 is 3.11 bits per heavy atom. The largest absolute Gasteiger partial charge is 0.387 e. The van der Waals surface area contributed by atoms with Crippen molar-refractivity contribution >= 4 is 11.6 Å². The van der Waals surface area contributed by atoms with E-state index in [2.05, 4.69) is 27.6 Å². The van der Waals surface area contributed by atoms with Crippen LogP contribution in [-0.2, 0) is 0 Å². The maximum atomic E-state index is 12.1. The third-order valence-electron chi connectivity index (χ3n) is 3.50. The summed E-state index contributed by atoms with van der Waals surface area (Å²) < 4.78 is 0. The number of likely N-dealkylation sites (N-methyl/N-ethyl adjacent to an activating group) is 1. The molecule has 2 heterocycles. The Morgan fingerprint density at radius 1 is 1.61 bits per heavy atom. The van der Waals surface area contributed by atoms with Crippen molar-refractivity contribution < 1.29 is 4.79 Å². The highest BCUT2D eigenvalue weighted by Crippen LogP contribution is 2.15. The Labute approximate surface area is 108 Å². The molecule has 1 aliphatic rings. The molecule has 5 heteroatoms. The lowest BCUT2D eigenvalue weighted by Crippen LogP contribution is -2.38. The zero-order valence-corrected chi connectivity index (χ0v) is 10.9. The minimum Gasteiger partial charge on any atom is -0.387 e. The molecule has 1 fully saturated rings. The van der Waals surface area contributed by atoms with Gasteiger partial charge in [0.2, 0.25) is 0 Å². The van der Waals surface area contributed by atoms with Crippen molar-refractivity contribution in [1.29, 1.82) is 0 Å². The summed E-state index contributed by atoms with van der Waals surface area (Å²) in [5, 5.41) is 5.99. The van der Waals surface area contributed by atoms with Crippen LogP contribution in [0.5, 0.6) is 0 Å². The highest BCUT2D eigenvalue weighted by molar-refractivity contribution is 5.99. The number of amides is 1. The second-order valence-corrected chi connectivity index (χ2v) is 4.66. The van der Waals surface area contributed by atoms with Gasteiger partial charge in [0.05, 0.1) is 5.56 Å². The van der Waals surface area contributed by atoms with Crippen LogP contribution in [0.3, 0.4) is 0 Å². The molecular weight excluding hydrogens is 228 g/mol. The van der Waals surface area contributed by atoms with Crippen LogP contribution in [-0.4, -0.2) is 49.0 Å². The molecule has 1 atom stereocenters. The van der Waals surface area contributed by atoms with Crippen molar-refractivity contribution in [3.63, 3.8) is 0 Å². The molecule has 1 unspecified atom stereocenters. The number of carbonyl (C=O) groups is 1. The van der Waals surface area contributed by atoms with Crippen LogP contribution in [0.2, 0.25) is 0 Å². The molecule has 0 bridgehead atoms. The zero-order valence-electron chi connectivity index (χ0n) is 10.9. The van der Waals surface area contributed by atoms with E-state index in [0.29, 0.717) is 18.2 Å². The molecule has 0 spiro atoms. The molecule has 1 saturated heterocycles. The van der Waals surface area contributed by atoms with Crippen molar-refractivity contribution in [2.75, 3.05) is 32.5 Å². The summed E-state index contributed by atoms with van der Waals surface area (Å²) in [4.78, 5) is 18.4. The number of anilines is 1. The van der Waals surface area contributed by atoms with Crippen LogP contribution < -0.4 is 10.6 Å². The first-order valence-electron chi connectivity index (χ1n) is 6.32. The molecule has 0 aromatic carbocycles. The Kier molecular flexibility index (Phi) is 4.15. The molecule has 2 rings (SSSR count). The van der Waals surface area contributed by atoms with Gasteiger partial charge >= 0.3 is 0 Å². The third kappa shape index (κ3) is 2.79. The normalized spacial score (nSPS) is 19.8. The van der Waals surface area contributed by atoms with Crippen LogP contribution in [0.1, 0.15) is 23.2 Å². The van der Waals surface area contributed by atoms with Crippen LogP contribution in [0.4, 0.5) is 5.69 Å². The second kappa shape index (κ2) is 5.82. The number of rotatable bonds is 4. The highest BCUT2D eigenvalue weighted by Gasteiger charge is 2.21. The third-order valence-corrected chi connectivity index (χ3v) is 3.50. The van der Waals surface area contributed by atoms with Gasteiger partial charge in [-0.15, -0.1) is 0 Å². The molecule has 0 saturated carbocycles. The van der Waals surface area contributed by atoms with Gasteiger partial charge in [-0.25, -0.2) is 0 Å². The molecular formula is C13H20N4O. The predicted molar refractivity (Wildman–Crippen MR) is 71.8 cm³/mol. The summed E-state index contributed by atoms with van der Waals surface area (Å²) in [7, 11) is 3.91. The van der Waals surface area contributed by atoms with Crippen molar-refractivity contribution in [3.05, 3.63) is 24.0 Å². The standard InChI is InChI=1S/C13H20N4O/c1-14-12-5-6-15-9-11(12)13(18)16-8-10-4-3-7-17(10)2/h5-6,9-10H,3-4,7-8H2,1-2H3,(H,14,15)(H,16,18). The SMILES string of the molecule is CNc1ccncc1C(=O)NCC1CCCN1C. The molecule has 0 aliphatic carbocycles. The quantitative estimate of drug-likeness (QED) is 0.833. The van der Waals surface area contributed by atoms with Gasteiger partial charge in [-0.3, -0.25) is 9.78 Å². The Morgan fingerprint density at radius 2 is 2.44 bits per heavy atom. The average molecular weight is 248 g/mol. The van der Waals surface area contributed by atoms with E-state index in [9.17, 15) is 4.79 Å². The summed E-state index contributed by atoms with van der Waals surface area (Å²) in [5.74, 6) is -0.0623. The first kappa shape index (κ1) is 12.8.